The van der Waals surface area contributed by atoms with Gasteiger partial charge in [-0.25, -0.2) is 4.79 Å². The molecule has 0 aromatic carbocycles. The molecule has 0 aliphatic heterocycles. The molecule has 5 unspecified atom stereocenters. The van der Waals surface area contributed by atoms with Gasteiger partial charge in [0.15, 0.2) is 5.60 Å². The molecule has 22 heavy (non-hydrogen) atoms. The number of rotatable bonds is 5. The highest BCUT2D eigenvalue weighted by atomic mass is 19.4. The Balaban J connectivity index is 1.85. The number of ether oxygens (including phenoxy) is 1. The molecule has 2 rings (SSSR count). The maximum atomic E-state index is 12.8. The fourth-order valence-electron chi connectivity index (χ4n) is 3.90. The SMILES string of the molecule is C=C(C)C(=O)OCC1CC2CC1CC2CC(C)(O)C(F)(F)F. The van der Waals surface area contributed by atoms with Crippen LogP contribution in [0, 0.1) is 23.7 Å². The van der Waals surface area contributed by atoms with Crippen LogP contribution in [0.25, 0.3) is 0 Å². The van der Waals surface area contributed by atoms with Crippen molar-refractivity contribution in [2.75, 3.05) is 6.61 Å². The molecule has 1 N–H and O–H groups in total. The molecule has 0 spiro atoms. The van der Waals surface area contributed by atoms with Gasteiger partial charge >= 0.3 is 12.1 Å². The van der Waals surface area contributed by atoms with Gasteiger partial charge in [0, 0.05) is 5.57 Å². The van der Waals surface area contributed by atoms with Crippen LogP contribution in [-0.2, 0) is 9.53 Å². The Kier molecular flexibility index (Phi) is 4.62. The molecule has 2 aliphatic carbocycles. The van der Waals surface area contributed by atoms with E-state index < -0.39 is 17.7 Å². The Labute approximate surface area is 128 Å². The first-order valence-electron chi connectivity index (χ1n) is 7.63. The van der Waals surface area contributed by atoms with Crippen LogP contribution in [0.2, 0.25) is 0 Å². The molecular formula is C16H23F3O3. The lowest BCUT2D eigenvalue weighted by Crippen LogP contribution is -2.44. The molecule has 0 amide bonds. The topological polar surface area (TPSA) is 46.5 Å². The third-order valence-corrected chi connectivity index (χ3v) is 5.20. The van der Waals surface area contributed by atoms with Crippen molar-refractivity contribution in [3.05, 3.63) is 12.2 Å². The zero-order valence-electron chi connectivity index (χ0n) is 12.9. The zero-order chi connectivity index (χ0) is 16.7. The lowest BCUT2D eigenvalue weighted by atomic mass is 9.77. The van der Waals surface area contributed by atoms with E-state index in [1.165, 1.54) is 0 Å². The first kappa shape index (κ1) is 17.3. The van der Waals surface area contributed by atoms with E-state index in [0.717, 1.165) is 19.8 Å². The highest BCUT2D eigenvalue weighted by Crippen LogP contribution is 2.55. The number of carbonyl (C=O) groups excluding carboxylic acids is 1. The van der Waals surface area contributed by atoms with Gasteiger partial charge < -0.3 is 9.84 Å². The summed E-state index contributed by atoms with van der Waals surface area (Å²) in [7, 11) is 0. The molecule has 2 aliphatic rings. The maximum absolute atomic E-state index is 12.8. The van der Waals surface area contributed by atoms with E-state index in [1.807, 2.05) is 0 Å². The average Bonchev–Trinajstić information content (AvgIpc) is 2.93. The van der Waals surface area contributed by atoms with Gasteiger partial charge in [-0.3, -0.25) is 0 Å². The van der Waals surface area contributed by atoms with Crippen molar-refractivity contribution in [1.29, 1.82) is 0 Å². The Morgan fingerprint density at radius 2 is 1.77 bits per heavy atom. The minimum absolute atomic E-state index is 0.102. The van der Waals surface area contributed by atoms with E-state index >= 15 is 0 Å². The van der Waals surface area contributed by atoms with Gasteiger partial charge in [0.2, 0.25) is 0 Å². The molecule has 2 fully saturated rings. The van der Waals surface area contributed by atoms with E-state index in [0.29, 0.717) is 18.6 Å². The van der Waals surface area contributed by atoms with Gasteiger partial charge in [0.05, 0.1) is 6.61 Å². The summed E-state index contributed by atoms with van der Waals surface area (Å²) in [6.07, 6.45) is -2.52. The largest absolute Gasteiger partial charge is 0.462 e. The minimum Gasteiger partial charge on any atom is -0.462 e. The van der Waals surface area contributed by atoms with E-state index in [2.05, 4.69) is 6.58 Å². The zero-order valence-corrected chi connectivity index (χ0v) is 12.9. The van der Waals surface area contributed by atoms with E-state index in [-0.39, 0.29) is 30.1 Å². The van der Waals surface area contributed by atoms with E-state index in [9.17, 15) is 23.1 Å². The smallest absolute Gasteiger partial charge is 0.416 e. The van der Waals surface area contributed by atoms with Crippen molar-refractivity contribution in [2.24, 2.45) is 23.7 Å². The summed E-state index contributed by atoms with van der Waals surface area (Å²) in [4.78, 5) is 11.4. The molecule has 6 heteroatoms. The number of fused-ring (bicyclic) bond motifs is 2. The Hall–Kier alpha value is -1.04. The third-order valence-electron chi connectivity index (χ3n) is 5.20. The number of aliphatic hydroxyl groups is 1. The standard InChI is InChI=1S/C16H23F3O3/c1-9(2)14(20)22-8-13-6-10-4-11(13)5-12(10)7-15(3,21)16(17,18)19/h10-13,21H,1,4-8H2,2-3H3. The van der Waals surface area contributed by atoms with Crippen LogP contribution in [0.3, 0.4) is 0 Å². The molecule has 0 aromatic rings. The Bertz CT molecular complexity index is 456. The van der Waals surface area contributed by atoms with Gasteiger partial charge in [-0.15, -0.1) is 0 Å². The van der Waals surface area contributed by atoms with Crippen molar-refractivity contribution in [1.82, 2.24) is 0 Å². The lowest BCUT2D eigenvalue weighted by Gasteiger charge is -2.34. The number of esters is 1. The van der Waals surface area contributed by atoms with Gasteiger partial charge in [-0.1, -0.05) is 6.58 Å². The number of carbonyl (C=O) groups is 1. The highest BCUT2D eigenvalue weighted by molar-refractivity contribution is 5.86. The average molecular weight is 320 g/mol. The molecule has 2 bridgehead atoms. The molecule has 126 valence electrons. The van der Waals surface area contributed by atoms with Crippen LogP contribution in [0.5, 0.6) is 0 Å². The van der Waals surface area contributed by atoms with Crippen LogP contribution < -0.4 is 0 Å². The predicted molar refractivity (Wildman–Crippen MR) is 74.9 cm³/mol. The predicted octanol–water partition coefficient (Wildman–Crippen LogP) is 3.47. The normalized spacial score (nSPS) is 33.5. The van der Waals surface area contributed by atoms with Crippen LogP contribution in [0.15, 0.2) is 12.2 Å². The van der Waals surface area contributed by atoms with Crippen molar-refractivity contribution in [3.8, 4) is 0 Å². The number of alkyl halides is 3. The number of hydrogen-bond donors (Lipinski definition) is 1. The number of halogens is 3. The van der Waals surface area contributed by atoms with Crippen molar-refractivity contribution in [2.45, 2.75) is 51.3 Å². The summed E-state index contributed by atoms with van der Waals surface area (Å²) in [5, 5.41) is 9.64. The Morgan fingerprint density at radius 1 is 1.23 bits per heavy atom. The van der Waals surface area contributed by atoms with Crippen LogP contribution >= 0.6 is 0 Å². The highest BCUT2D eigenvalue weighted by Gasteiger charge is 2.54. The second-order valence-corrected chi connectivity index (χ2v) is 7.10. The van der Waals surface area contributed by atoms with E-state index in [4.69, 9.17) is 4.74 Å². The molecule has 2 saturated carbocycles. The van der Waals surface area contributed by atoms with Crippen LogP contribution in [0.1, 0.15) is 39.5 Å². The quantitative estimate of drug-likeness (QED) is 0.623. The van der Waals surface area contributed by atoms with E-state index in [1.54, 1.807) is 6.92 Å². The molecule has 0 radical (unpaired) electrons. The fraction of sp³-hybridized carbons (Fsp3) is 0.812. The monoisotopic (exact) mass is 320 g/mol. The lowest BCUT2D eigenvalue weighted by molar-refractivity contribution is -0.259. The van der Waals surface area contributed by atoms with Gasteiger partial charge in [-0.2, -0.15) is 13.2 Å². The Morgan fingerprint density at radius 3 is 2.23 bits per heavy atom. The summed E-state index contributed by atoms with van der Waals surface area (Å²) in [6, 6.07) is 0. The van der Waals surface area contributed by atoms with Gasteiger partial charge in [0.25, 0.3) is 0 Å². The summed E-state index contributed by atoms with van der Waals surface area (Å²) in [5.74, 6) is 0.179. The van der Waals surface area contributed by atoms with Crippen molar-refractivity contribution >= 4 is 5.97 Å². The molecule has 0 saturated heterocycles. The minimum atomic E-state index is -4.59. The van der Waals surface area contributed by atoms with Crippen molar-refractivity contribution < 1.29 is 27.8 Å². The second kappa shape index (κ2) is 5.87. The van der Waals surface area contributed by atoms with Crippen LogP contribution in [-0.4, -0.2) is 29.5 Å². The third kappa shape index (κ3) is 3.47. The number of hydrogen-bond acceptors (Lipinski definition) is 3. The van der Waals surface area contributed by atoms with Gasteiger partial charge in [-0.05, 0) is 63.2 Å². The second-order valence-electron chi connectivity index (χ2n) is 7.10. The summed E-state index contributed by atoms with van der Waals surface area (Å²) in [5.41, 5.74) is -2.27. The molecule has 5 atom stereocenters. The molecule has 0 heterocycles. The first-order valence-corrected chi connectivity index (χ1v) is 7.63. The fourth-order valence-corrected chi connectivity index (χ4v) is 3.90. The van der Waals surface area contributed by atoms with Crippen molar-refractivity contribution in [3.63, 3.8) is 0 Å². The molecular weight excluding hydrogens is 297 g/mol. The maximum Gasteiger partial charge on any atom is 0.416 e. The summed E-state index contributed by atoms with van der Waals surface area (Å²) >= 11 is 0. The first-order chi connectivity index (χ1) is 10.0. The molecule has 3 nitrogen and oxygen atoms in total. The summed E-state index contributed by atoms with van der Waals surface area (Å²) < 4.78 is 43.5. The molecule has 0 aromatic heterocycles. The summed E-state index contributed by atoms with van der Waals surface area (Å²) in [6.45, 7) is 6.26. The van der Waals surface area contributed by atoms with Crippen LogP contribution in [0.4, 0.5) is 13.2 Å². The van der Waals surface area contributed by atoms with Gasteiger partial charge in [0.1, 0.15) is 0 Å².